The predicted molar refractivity (Wildman–Crippen MR) is 112 cm³/mol. The summed E-state index contributed by atoms with van der Waals surface area (Å²) in [6.45, 7) is 5.70. The lowest BCUT2D eigenvalue weighted by Gasteiger charge is -2.11. The molecule has 3 N–H and O–H groups in total. The fourth-order valence-electron chi connectivity index (χ4n) is 2.67. The fourth-order valence-corrected chi connectivity index (χ4v) is 2.67. The van der Waals surface area contributed by atoms with Gasteiger partial charge in [-0.15, -0.1) is 0 Å². The molecule has 8 nitrogen and oxygen atoms in total. The summed E-state index contributed by atoms with van der Waals surface area (Å²) in [6.07, 6.45) is 0.925. The predicted octanol–water partition coefficient (Wildman–Crippen LogP) is 2.81. The van der Waals surface area contributed by atoms with Crippen LogP contribution in [0.15, 0.2) is 57.0 Å². The Morgan fingerprint density at radius 3 is 2.41 bits per heavy atom. The van der Waals surface area contributed by atoms with E-state index in [9.17, 15) is 19.5 Å². The molecule has 0 aliphatic heterocycles. The third-order valence-corrected chi connectivity index (χ3v) is 4.48. The number of amides is 2. The zero-order valence-electron chi connectivity index (χ0n) is 16.2. The molecule has 0 aliphatic carbocycles. The number of aromatic amines is 1. The van der Waals surface area contributed by atoms with Crippen molar-refractivity contribution >= 4 is 17.9 Å². The first-order valence-corrected chi connectivity index (χ1v) is 8.84. The lowest BCUT2D eigenvalue weighted by atomic mass is 10.1. The normalized spacial score (nSPS) is 11.0. The van der Waals surface area contributed by atoms with Gasteiger partial charge in [0.05, 0.1) is 11.9 Å². The van der Waals surface area contributed by atoms with Crippen molar-refractivity contribution in [1.29, 1.82) is 0 Å². The van der Waals surface area contributed by atoms with Crippen molar-refractivity contribution in [2.45, 2.75) is 20.8 Å². The van der Waals surface area contributed by atoms with Crippen molar-refractivity contribution in [3.8, 4) is 11.6 Å². The first-order chi connectivity index (χ1) is 13.8. The smallest absolute Gasteiger partial charge is 0.345 e. The fraction of sp³-hybridized carbons (Fsp3) is 0.143. The summed E-state index contributed by atoms with van der Waals surface area (Å²) in [5.41, 5.74) is 1.93. The average molecular weight is 392 g/mol. The van der Waals surface area contributed by atoms with Crippen LogP contribution in [0.5, 0.6) is 5.88 Å². The maximum absolute atomic E-state index is 12.2. The summed E-state index contributed by atoms with van der Waals surface area (Å²) in [5.74, 6) is -0.603. The van der Waals surface area contributed by atoms with E-state index in [1.807, 2.05) is 32.9 Å². The molecule has 3 aromatic rings. The summed E-state index contributed by atoms with van der Waals surface area (Å²) in [7, 11) is 0. The number of H-pyrrole nitrogens is 1. The maximum Gasteiger partial charge on any atom is 0.345 e. The van der Waals surface area contributed by atoms with Crippen LogP contribution in [0, 0.1) is 20.8 Å². The maximum atomic E-state index is 12.2. The van der Waals surface area contributed by atoms with E-state index >= 15 is 0 Å². The van der Waals surface area contributed by atoms with Crippen LogP contribution in [-0.4, -0.2) is 26.9 Å². The summed E-state index contributed by atoms with van der Waals surface area (Å²) < 4.78 is 0.951. The molecule has 1 heterocycles. The highest BCUT2D eigenvalue weighted by atomic mass is 16.3. The highest BCUT2D eigenvalue weighted by Crippen LogP contribution is 2.18. The van der Waals surface area contributed by atoms with Crippen LogP contribution in [0.4, 0.5) is 10.5 Å². The standard InChI is InChI=1S/C21H20N4O4/c1-12-4-7-15(8-5-12)23-20(28)22-11-17-18(26)24-21(29)25(19(17)27)16-9-6-13(2)14(3)10-16/h4-11,27H,1-3H3,(H,23,28)(H,24,26,29). The molecule has 8 heteroatoms. The van der Waals surface area contributed by atoms with Gasteiger partial charge in [-0.2, -0.15) is 0 Å². The molecule has 29 heavy (non-hydrogen) atoms. The molecule has 2 amide bonds. The number of aromatic nitrogens is 2. The molecular weight excluding hydrogens is 372 g/mol. The average Bonchev–Trinajstić information content (AvgIpc) is 2.66. The molecule has 0 bridgehead atoms. The Hall–Kier alpha value is -3.94. The van der Waals surface area contributed by atoms with E-state index < -0.39 is 23.2 Å². The molecule has 0 saturated heterocycles. The van der Waals surface area contributed by atoms with Gasteiger partial charge in [0.25, 0.3) is 5.56 Å². The van der Waals surface area contributed by atoms with Crippen LogP contribution >= 0.6 is 0 Å². The molecule has 0 atom stereocenters. The minimum atomic E-state index is -0.848. The van der Waals surface area contributed by atoms with Gasteiger partial charge in [0.1, 0.15) is 5.56 Å². The second kappa shape index (κ2) is 7.97. The van der Waals surface area contributed by atoms with Crippen LogP contribution in [0.1, 0.15) is 22.3 Å². The Bertz CT molecular complexity index is 1220. The summed E-state index contributed by atoms with van der Waals surface area (Å²) in [5, 5.41) is 13.1. The summed E-state index contributed by atoms with van der Waals surface area (Å²) >= 11 is 0. The van der Waals surface area contributed by atoms with Gasteiger partial charge in [-0.1, -0.05) is 23.8 Å². The monoisotopic (exact) mass is 392 g/mol. The minimum Gasteiger partial charge on any atom is -0.493 e. The Morgan fingerprint density at radius 2 is 1.76 bits per heavy atom. The molecule has 0 unspecified atom stereocenters. The molecule has 1 aromatic heterocycles. The van der Waals surface area contributed by atoms with E-state index in [0.717, 1.165) is 27.5 Å². The Balaban J connectivity index is 1.95. The zero-order chi connectivity index (χ0) is 21.1. The number of hydrogen-bond acceptors (Lipinski definition) is 4. The highest BCUT2D eigenvalue weighted by molar-refractivity contribution is 5.98. The van der Waals surface area contributed by atoms with Gasteiger partial charge in [-0.05, 0) is 56.2 Å². The molecule has 0 spiro atoms. The molecule has 0 radical (unpaired) electrons. The Kier molecular flexibility index (Phi) is 5.45. The first-order valence-electron chi connectivity index (χ1n) is 8.84. The number of aryl methyl sites for hydroxylation is 3. The SMILES string of the molecule is Cc1ccc(NC(=O)N=Cc2c(O)n(-c3ccc(C)c(C)c3)c(=O)[nH]c2=O)cc1. The van der Waals surface area contributed by atoms with E-state index in [1.165, 1.54) is 0 Å². The Morgan fingerprint density at radius 1 is 1.07 bits per heavy atom. The number of urea groups is 1. The number of aliphatic imine (C=N–C) groups is 1. The molecule has 148 valence electrons. The summed E-state index contributed by atoms with van der Waals surface area (Å²) in [4.78, 5) is 42.2. The van der Waals surface area contributed by atoms with Gasteiger partial charge in [0.15, 0.2) is 0 Å². The van der Waals surface area contributed by atoms with Gasteiger partial charge in [-0.3, -0.25) is 9.78 Å². The molecular formula is C21H20N4O4. The Labute approximate surface area is 166 Å². The van der Waals surface area contributed by atoms with Crippen molar-refractivity contribution < 1.29 is 9.90 Å². The van der Waals surface area contributed by atoms with E-state index in [2.05, 4.69) is 15.3 Å². The topological polar surface area (TPSA) is 117 Å². The summed E-state index contributed by atoms with van der Waals surface area (Å²) in [6, 6.07) is 11.5. The lowest BCUT2D eigenvalue weighted by molar-refractivity contribution is 0.259. The second-order valence-corrected chi connectivity index (χ2v) is 6.65. The molecule has 3 rings (SSSR count). The van der Waals surface area contributed by atoms with E-state index in [4.69, 9.17) is 0 Å². The number of carbonyl (C=O) groups excluding carboxylic acids is 1. The van der Waals surface area contributed by atoms with Crippen molar-refractivity contribution in [1.82, 2.24) is 9.55 Å². The van der Waals surface area contributed by atoms with Gasteiger partial charge < -0.3 is 10.4 Å². The third kappa shape index (κ3) is 4.32. The van der Waals surface area contributed by atoms with Crippen molar-refractivity contribution in [3.05, 3.63) is 85.6 Å². The van der Waals surface area contributed by atoms with Crippen LogP contribution in [0.3, 0.4) is 0 Å². The van der Waals surface area contributed by atoms with E-state index in [-0.39, 0.29) is 5.56 Å². The largest absolute Gasteiger partial charge is 0.493 e. The number of nitrogens with one attached hydrogen (secondary N) is 2. The third-order valence-electron chi connectivity index (χ3n) is 4.48. The van der Waals surface area contributed by atoms with Crippen LogP contribution in [0.25, 0.3) is 5.69 Å². The molecule has 0 aliphatic rings. The van der Waals surface area contributed by atoms with Gasteiger partial charge in [0, 0.05) is 5.69 Å². The van der Waals surface area contributed by atoms with Crippen LogP contribution < -0.4 is 16.6 Å². The van der Waals surface area contributed by atoms with Crippen LogP contribution in [0.2, 0.25) is 0 Å². The number of rotatable bonds is 3. The second-order valence-electron chi connectivity index (χ2n) is 6.65. The van der Waals surface area contributed by atoms with Crippen molar-refractivity contribution in [2.24, 2.45) is 4.99 Å². The number of aromatic hydroxyl groups is 1. The molecule has 0 fully saturated rings. The van der Waals surface area contributed by atoms with Gasteiger partial charge in [-0.25, -0.2) is 19.1 Å². The van der Waals surface area contributed by atoms with Crippen molar-refractivity contribution in [3.63, 3.8) is 0 Å². The molecule has 2 aromatic carbocycles. The zero-order valence-corrected chi connectivity index (χ0v) is 16.2. The quantitative estimate of drug-likeness (QED) is 0.594. The number of carbonyl (C=O) groups is 1. The highest BCUT2D eigenvalue weighted by Gasteiger charge is 2.15. The number of nitrogens with zero attached hydrogens (tertiary/aromatic N) is 2. The van der Waals surface area contributed by atoms with E-state index in [0.29, 0.717) is 11.4 Å². The van der Waals surface area contributed by atoms with Gasteiger partial charge in [0.2, 0.25) is 5.88 Å². The lowest BCUT2D eigenvalue weighted by Crippen LogP contribution is -2.31. The first kappa shape index (κ1) is 19.8. The van der Waals surface area contributed by atoms with Gasteiger partial charge >= 0.3 is 11.7 Å². The number of hydrogen-bond donors (Lipinski definition) is 3. The minimum absolute atomic E-state index is 0.304. The molecule has 0 saturated carbocycles. The number of anilines is 1. The van der Waals surface area contributed by atoms with E-state index in [1.54, 1.807) is 30.3 Å². The van der Waals surface area contributed by atoms with Crippen LogP contribution in [-0.2, 0) is 0 Å². The van der Waals surface area contributed by atoms with Crippen molar-refractivity contribution in [2.75, 3.05) is 5.32 Å². The number of benzene rings is 2.